The van der Waals surface area contributed by atoms with Crippen molar-refractivity contribution >= 4 is 21.4 Å². The number of sulfonamides is 1. The third-order valence-electron chi connectivity index (χ3n) is 2.82. The molecule has 0 spiro atoms. The Morgan fingerprint density at radius 1 is 1.47 bits per heavy atom. The summed E-state index contributed by atoms with van der Waals surface area (Å²) in [4.78, 5) is 0. The van der Waals surface area contributed by atoms with Crippen molar-refractivity contribution in [2.75, 3.05) is 13.6 Å². The maximum atomic E-state index is 11.9. The van der Waals surface area contributed by atoms with Crippen molar-refractivity contribution in [2.24, 2.45) is 5.92 Å². The predicted octanol–water partition coefficient (Wildman–Crippen LogP) is 1.55. The standard InChI is InChI=1S/C11H18N2O2S2/c1-12-7-10-6-11(16-8-10)17(14,15)13-5-4-9-2-3-9/h6,8-9,12-13H,2-5,7H2,1H3. The second-order valence-electron chi connectivity index (χ2n) is 4.43. The summed E-state index contributed by atoms with van der Waals surface area (Å²) in [5.74, 6) is 0.751. The zero-order valence-electron chi connectivity index (χ0n) is 9.90. The Hall–Kier alpha value is -0.430. The smallest absolute Gasteiger partial charge is 0.250 e. The first-order valence-electron chi connectivity index (χ1n) is 5.83. The maximum Gasteiger partial charge on any atom is 0.250 e. The lowest BCUT2D eigenvalue weighted by atomic mass is 10.3. The Morgan fingerprint density at radius 2 is 2.24 bits per heavy atom. The van der Waals surface area contributed by atoms with Crippen molar-refractivity contribution in [3.05, 3.63) is 17.0 Å². The average molecular weight is 274 g/mol. The van der Waals surface area contributed by atoms with E-state index in [9.17, 15) is 8.42 Å². The number of nitrogens with one attached hydrogen (secondary N) is 2. The highest BCUT2D eigenvalue weighted by molar-refractivity contribution is 7.91. The van der Waals surface area contributed by atoms with Gasteiger partial charge in [-0.1, -0.05) is 12.8 Å². The Morgan fingerprint density at radius 3 is 2.88 bits per heavy atom. The number of hydrogen-bond acceptors (Lipinski definition) is 4. The average Bonchev–Trinajstić information content (AvgIpc) is 2.96. The Balaban J connectivity index is 1.92. The van der Waals surface area contributed by atoms with Crippen molar-refractivity contribution in [2.45, 2.75) is 30.0 Å². The predicted molar refractivity (Wildman–Crippen MR) is 69.6 cm³/mol. The molecule has 1 aliphatic carbocycles. The first-order chi connectivity index (χ1) is 8.12. The topological polar surface area (TPSA) is 58.2 Å². The minimum atomic E-state index is -3.28. The van der Waals surface area contributed by atoms with Crippen LogP contribution in [0.15, 0.2) is 15.7 Å². The van der Waals surface area contributed by atoms with Gasteiger partial charge in [0, 0.05) is 13.1 Å². The van der Waals surface area contributed by atoms with Crippen LogP contribution in [0, 0.1) is 5.92 Å². The van der Waals surface area contributed by atoms with Crippen molar-refractivity contribution in [1.29, 1.82) is 0 Å². The van der Waals surface area contributed by atoms with Crippen LogP contribution in [0.1, 0.15) is 24.8 Å². The van der Waals surface area contributed by atoms with Crippen LogP contribution < -0.4 is 10.0 Å². The third kappa shape index (κ3) is 3.77. The molecule has 1 saturated carbocycles. The van der Waals surface area contributed by atoms with Gasteiger partial charge >= 0.3 is 0 Å². The van der Waals surface area contributed by atoms with Gasteiger partial charge in [0.15, 0.2) is 0 Å². The molecule has 96 valence electrons. The lowest BCUT2D eigenvalue weighted by Gasteiger charge is -2.03. The zero-order valence-corrected chi connectivity index (χ0v) is 11.5. The molecule has 0 aliphatic heterocycles. The van der Waals surface area contributed by atoms with Crippen LogP contribution >= 0.6 is 11.3 Å². The van der Waals surface area contributed by atoms with E-state index in [2.05, 4.69) is 10.0 Å². The highest BCUT2D eigenvalue weighted by Crippen LogP contribution is 2.32. The maximum absolute atomic E-state index is 11.9. The summed E-state index contributed by atoms with van der Waals surface area (Å²) in [6.45, 7) is 1.26. The molecule has 0 atom stereocenters. The molecule has 2 rings (SSSR count). The number of hydrogen-bond donors (Lipinski definition) is 2. The van der Waals surface area contributed by atoms with Crippen molar-refractivity contribution in [3.63, 3.8) is 0 Å². The van der Waals surface area contributed by atoms with Crippen LogP contribution in [-0.4, -0.2) is 22.0 Å². The zero-order chi connectivity index (χ0) is 12.3. The van der Waals surface area contributed by atoms with Gasteiger partial charge in [-0.15, -0.1) is 11.3 Å². The first kappa shape index (κ1) is 13.0. The summed E-state index contributed by atoms with van der Waals surface area (Å²) < 4.78 is 26.9. The van der Waals surface area contributed by atoms with Crippen LogP contribution in [0.4, 0.5) is 0 Å². The molecule has 1 heterocycles. The highest BCUT2D eigenvalue weighted by Gasteiger charge is 2.22. The van der Waals surface area contributed by atoms with Gasteiger partial charge in [-0.2, -0.15) is 0 Å². The fraction of sp³-hybridized carbons (Fsp3) is 0.636. The molecule has 0 radical (unpaired) electrons. The molecule has 1 fully saturated rings. The van der Waals surface area contributed by atoms with Gasteiger partial charge < -0.3 is 5.32 Å². The van der Waals surface area contributed by atoms with E-state index in [-0.39, 0.29) is 0 Å². The van der Waals surface area contributed by atoms with Gasteiger partial charge in [-0.3, -0.25) is 0 Å². The second-order valence-corrected chi connectivity index (χ2v) is 7.34. The minimum absolute atomic E-state index is 0.415. The van der Waals surface area contributed by atoms with Crippen molar-refractivity contribution in [3.8, 4) is 0 Å². The molecule has 1 aromatic heterocycles. The van der Waals surface area contributed by atoms with Crippen LogP contribution in [0.25, 0.3) is 0 Å². The van der Waals surface area contributed by atoms with Crippen LogP contribution in [0.3, 0.4) is 0 Å². The summed E-state index contributed by atoms with van der Waals surface area (Å²) in [5.41, 5.74) is 1.01. The van der Waals surface area contributed by atoms with E-state index in [4.69, 9.17) is 0 Å². The van der Waals surface area contributed by atoms with Crippen LogP contribution in [-0.2, 0) is 16.6 Å². The van der Waals surface area contributed by atoms with Gasteiger partial charge in [-0.05, 0) is 36.4 Å². The number of rotatable bonds is 7. The quantitative estimate of drug-likeness (QED) is 0.793. The highest BCUT2D eigenvalue weighted by atomic mass is 32.2. The van der Waals surface area contributed by atoms with Crippen molar-refractivity contribution in [1.82, 2.24) is 10.0 Å². The SMILES string of the molecule is CNCc1csc(S(=O)(=O)NCCC2CC2)c1. The Kier molecular flexibility index (Phi) is 4.19. The largest absolute Gasteiger partial charge is 0.316 e. The molecule has 0 amide bonds. The van der Waals surface area contributed by atoms with Gasteiger partial charge in [0.05, 0.1) is 0 Å². The normalized spacial score (nSPS) is 16.3. The fourth-order valence-corrected chi connectivity index (χ4v) is 3.97. The molecular weight excluding hydrogens is 256 g/mol. The molecule has 0 aromatic carbocycles. The molecule has 6 heteroatoms. The second kappa shape index (κ2) is 5.48. The molecule has 4 nitrogen and oxygen atoms in total. The van der Waals surface area contributed by atoms with Gasteiger partial charge in [0.2, 0.25) is 10.0 Å². The Labute approximate surface area is 106 Å². The van der Waals surface area contributed by atoms with E-state index in [1.54, 1.807) is 6.07 Å². The molecular formula is C11H18N2O2S2. The minimum Gasteiger partial charge on any atom is -0.316 e. The lowest BCUT2D eigenvalue weighted by Crippen LogP contribution is -2.24. The van der Waals surface area contributed by atoms with E-state index < -0.39 is 10.0 Å². The molecule has 0 bridgehead atoms. The van der Waals surface area contributed by atoms with E-state index in [0.717, 1.165) is 17.9 Å². The summed E-state index contributed by atoms with van der Waals surface area (Å²) in [6.07, 6.45) is 3.48. The van der Waals surface area contributed by atoms with Gasteiger partial charge in [0.25, 0.3) is 0 Å². The summed E-state index contributed by atoms with van der Waals surface area (Å²) in [7, 11) is -1.44. The van der Waals surface area contributed by atoms with Crippen molar-refractivity contribution < 1.29 is 8.42 Å². The summed E-state index contributed by atoms with van der Waals surface area (Å²) in [5, 5.41) is 4.89. The fourth-order valence-electron chi connectivity index (χ4n) is 1.67. The molecule has 2 N–H and O–H groups in total. The van der Waals surface area contributed by atoms with E-state index in [1.807, 2.05) is 12.4 Å². The first-order valence-corrected chi connectivity index (χ1v) is 8.20. The number of thiophene rings is 1. The monoisotopic (exact) mass is 274 g/mol. The van der Waals surface area contributed by atoms with Crippen LogP contribution in [0.2, 0.25) is 0 Å². The molecule has 0 unspecified atom stereocenters. The van der Waals surface area contributed by atoms with E-state index >= 15 is 0 Å². The third-order valence-corrected chi connectivity index (χ3v) is 5.77. The van der Waals surface area contributed by atoms with E-state index in [1.165, 1.54) is 24.2 Å². The molecule has 0 saturated heterocycles. The Bertz CT molecular complexity index is 464. The molecule has 1 aliphatic rings. The van der Waals surface area contributed by atoms with Crippen LogP contribution in [0.5, 0.6) is 0 Å². The van der Waals surface area contributed by atoms with E-state index in [0.29, 0.717) is 17.3 Å². The molecule has 1 aromatic rings. The van der Waals surface area contributed by atoms with Gasteiger partial charge in [-0.25, -0.2) is 13.1 Å². The molecule has 17 heavy (non-hydrogen) atoms. The summed E-state index contributed by atoms with van der Waals surface area (Å²) >= 11 is 1.28. The van der Waals surface area contributed by atoms with Gasteiger partial charge in [0.1, 0.15) is 4.21 Å². The summed E-state index contributed by atoms with van der Waals surface area (Å²) in [6, 6.07) is 1.74. The lowest BCUT2D eigenvalue weighted by molar-refractivity contribution is 0.577.